The number of anilines is 1. The third kappa shape index (κ3) is 6.33. The fraction of sp³-hybridized carbons (Fsp3) is 0.263. The molecule has 2 aromatic rings. The normalized spacial score (nSPS) is 11.3. The molecule has 0 radical (unpaired) electrons. The van der Waals surface area contributed by atoms with Crippen LogP contribution in [0.2, 0.25) is 5.02 Å². The van der Waals surface area contributed by atoms with Gasteiger partial charge in [-0.15, -0.1) is 0 Å². The minimum Gasteiger partial charge on any atom is -0.347 e. The molecule has 28 heavy (non-hydrogen) atoms. The number of carbonyl (C=O) groups is 2. The zero-order valence-electron chi connectivity index (χ0n) is 15.5. The molecule has 2 aromatic carbocycles. The Morgan fingerprint density at radius 3 is 2.25 bits per heavy atom. The summed E-state index contributed by atoms with van der Waals surface area (Å²) >= 11 is 5.94. The molecule has 0 saturated heterocycles. The Balaban J connectivity index is 1.85. The quantitative estimate of drug-likeness (QED) is 0.594. The predicted octanol–water partition coefficient (Wildman–Crippen LogP) is 2.32. The van der Waals surface area contributed by atoms with Crippen LogP contribution < -0.4 is 15.4 Å². The molecule has 0 fully saturated rings. The molecule has 0 aliphatic rings. The summed E-state index contributed by atoms with van der Waals surface area (Å²) in [6.45, 7) is 3.72. The first-order valence-electron chi connectivity index (χ1n) is 8.64. The van der Waals surface area contributed by atoms with Crippen LogP contribution in [0.3, 0.4) is 0 Å². The van der Waals surface area contributed by atoms with Gasteiger partial charge in [0, 0.05) is 12.6 Å². The van der Waals surface area contributed by atoms with E-state index in [-0.39, 0.29) is 17.5 Å². The number of sulfonamides is 1. The summed E-state index contributed by atoms with van der Waals surface area (Å²) in [6.07, 6.45) is 0.447. The van der Waals surface area contributed by atoms with Crippen LogP contribution in [0, 0.1) is 0 Å². The maximum Gasteiger partial charge on any atom is 0.313 e. The van der Waals surface area contributed by atoms with Crippen molar-refractivity contribution in [3.05, 3.63) is 59.1 Å². The zero-order chi connectivity index (χ0) is 20.7. The zero-order valence-corrected chi connectivity index (χ0v) is 17.1. The molecule has 0 heterocycles. The van der Waals surface area contributed by atoms with Crippen LogP contribution in [0.15, 0.2) is 53.4 Å². The van der Waals surface area contributed by atoms with Crippen molar-refractivity contribution in [2.75, 3.05) is 11.9 Å². The highest BCUT2D eigenvalue weighted by atomic mass is 35.5. The summed E-state index contributed by atoms with van der Waals surface area (Å²) in [4.78, 5) is 24.0. The number of halogens is 1. The van der Waals surface area contributed by atoms with E-state index in [0.29, 0.717) is 17.1 Å². The van der Waals surface area contributed by atoms with Gasteiger partial charge < -0.3 is 10.6 Å². The lowest BCUT2D eigenvalue weighted by Gasteiger charge is -2.10. The molecule has 3 N–H and O–H groups in total. The van der Waals surface area contributed by atoms with E-state index >= 15 is 0 Å². The largest absolute Gasteiger partial charge is 0.347 e. The van der Waals surface area contributed by atoms with Gasteiger partial charge >= 0.3 is 11.8 Å². The molecule has 9 heteroatoms. The highest BCUT2D eigenvalue weighted by Crippen LogP contribution is 2.20. The summed E-state index contributed by atoms with van der Waals surface area (Å²) in [6, 6.07) is 12.8. The van der Waals surface area contributed by atoms with Crippen LogP contribution in [0.5, 0.6) is 0 Å². The smallest absolute Gasteiger partial charge is 0.313 e. The van der Waals surface area contributed by atoms with E-state index in [0.717, 1.165) is 5.56 Å². The molecule has 0 unspecified atom stereocenters. The Labute approximate surface area is 169 Å². The first kappa shape index (κ1) is 21.9. The lowest BCUT2D eigenvalue weighted by Crippen LogP contribution is -2.36. The van der Waals surface area contributed by atoms with Crippen LogP contribution in [0.4, 0.5) is 5.69 Å². The summed E-state index contributed by atoms with van der Waals surface area (Å²) in [7, 11) is -3.54. The fourth-order valence-corrected chi connectivity index (χ4v) is 3.79. The molecule has 0 bridgehead atoms. The maximum atomic E-state index is 12.1. The third-order valence-corrected chi connectivity index (χ3v) is 5.66. The molecule has 0 aliphatic carbocycles. The van der Waals surface area contributed by atoms with Crippen molar-refractivity contribution in [1.29, 1.82) is 0 Å². The average Bonchev–Trinajstić information content (AvgIpc) is 2.63. The van der Waals surface area contributed by atoms with Crippen LogP contribution >= 0.6 is 11.6 Å². The Hall–Kier alpha value is -2.42. The fourth-order valence-electron chi connectivity index (χ4n) is 2.36. The van der Waals surface area contributed by atoms with E-state index in [9.17, 15) is 18.0 Å². The minimum absolute atomic E-state index is 0.174. The number of benzene rings is 2. The molecule has 0 aliphatic heterocycles. The lowest BCUT2D eigenvalue weighted by atomic mass is 10.1. The van der Waals surface area contributed by atoms with Gasteiger partial charge in [-0.25, -0.2) is 13.1 Å². The van der Waals surface area contributed by atoms with Crippen molar-refractivity contribution in [2.24, 2.45) is 0 Å². The maximum absolute atomic E-state index is 12.1. The molecule has 7 nitrogen and oxygen atoms in total. The Morgan fingerprint density at radius 1 is 1.00 bits per heavy atom. The Morgan fingerprint density at radius 2 is 1.64 bits per heavy atom. The van der Waals surface area contributed by atoms with E-state index in [1.807, 2.05) is 0 Å². The van der Waals surface area contributed by atoms with E-state index < -0.39 is 21.8 Å². The van der Waals surface area contributed by atoms with Crippen LogP contribution in [-0.2, 0) is 26.0 Å². The van der Waals surface area contributed by atoms with Crippen LogP contribution in [0.25, 0.3) is 0 Å². The van der Waals surface area contributed by atoms with Gasteiger partial charge in [0.25, 0.3) is 0 Å². The summed E-state index contributed by atoms with van der Waals surface area (Å²) in [5.74, 6) is -1.59. The number of rotatable bonds is 7. The third-order valence-electron chi connectivity index (χ3n) is 3.65. The molecular formula is C19H22ClN3O4S. The van der Waals surface area contributed by atoms with E-state index in [1.54, 1.807) is 50.2 Å². The van der Waals surface area contributed by atoms with E-state index in [1.165, 1.54) is 12.1 Å². The summed E-state index contributed by atoms with van der Waals surface area (Å²) in [5.41, 5.74) is 1.19. The second kappa shape index (κ2) is 9.68. The molecule has 2 amide bonds. The number of amides is 2. The minimum atomic E-state index is -3.54. The number of nitrogens with one attached hydrogen (secondary N) is 3. The van der Waals surface area contributed by atoms with Gasteiger partial charge in [-0.1, -0.05) is 35.9 Å². The molecule has 0 atom stereocenters. The molecular weight excluding hydrogens is 402 g/mol. The number of para-hydroxylation sites is 1. The Bertz CT molecular complexity index is 944. The molecule has 0 saturated carbocycles. The molecule has 0 spiro atoms. The predicted molar refractivity (Wildman–Crippen MR) is 109 cm³/mol. The second-order valence-electron chi connectivity index (χ2n) is 6.36. The van der Waals surface area contributed by atoms with Gasteiger partial charge in [-0.05, 0) is 50.1 Å². The standard InChI is InChI=1S/C19H22ClN3O4S/c1-13(2)23-28(26,27)15-9-7-14(8-10-15)11-12-21-18(24)19(25)22-17-6-4-3-5-16(17)20/h3-10,13,23H,11-12H2,1-2H3,(H,21,24)(H,22,25). The SMILES string of the molecule is CC(C)NS(=O)(=O)c1ccc(CCNC(=O)C(=O)Nc2ccccc2Cl)cc1. The average molecular weight is 424 g/mol. The van der Waals surface area contributed by atoms with Crippen molar-refractivity contribution in [1.82, 2.24) is 10.0 Å². The van der Waals surface area contributed by atoms with Gasteiger partial charge in [0.2, 0.25) is 10.0 Å². The molecule has 2 rings (SSSR count). The lowest BCUT2D eigenvalue weighted by molar-refractivity contribution is -0.136. The monoisotopic (exact) mass is 423 g/mol. The number of hydrogen-bond acceptors (Lipinski definition) is 4. The highest BCUT2D eigenvalue weighted by Gasteiger charge is 2.16. The molecule has 150 valence electrons. The topological polar surface area (TPSA) is 104 Å². The second-order valence-corrected chi connectivity index (χ2v) is 8.48. The van der Waals surface area contributed by atoms with E-state index in [4.69, 9.17) is 11.6 Å². The van der Waals surface area contributed by atoms with Gasteiger partial charge in [0.15, 0.2) is 0 Å². The van der Waals surface area contributed by atoms with Crippen molar-refractivity contribution in [3.8, 4) is 0 Å². The Kier molecular flexibility index (Phi) is 7.56. The van der Waals surface area contributed by atoms with Gasteiger partial charge in [0.1, 0.15) is 0 Å². The van der Waals surface area contributed by atoms with Crippen LogP contribution in [0.1, 0.15) is 19.4 Å². The first-order chi connectivity index (χ1) is 13.2. The number of carbonyl (C=O) groups excluding carboxylic acids is 2. The summed E-state index contributed by atoms with van der Waals surface area (Å²) in [5, 5.41) is 5.30. The first-order valence-corrected chi connectivity index (χ1v) is 10.5. The van der Waals surface area contributed by atoms with Crippen molar-refractivity contribution in [2.45, 2.75) is 31.2 Å². The van der Waals surface area contributed by atoms with Gasteiger partial charge in [0.05, 0.1) is 15.6 Å². The molecule has 0 aromatic heterocycles. The summed E-state index contributed by atoms with van der Waals surface area (Å²) < 4.78 is 26.7. The van der Waals surface area contributed by atoms with Crippen molar-refractivity contribution in [3.63, 3.8) is 0 Å². The van der Waals surface area contributed by atoms with Gasteiger partial charge in [-0.3, -0.25) is 9.59 Å². The van der Waals surface area contributed by atoms with Crippen molar-refractivity contribution < 1.29 is 18.0 Å². The number of hydrogen-bond donors (Lipinski definition) is 3. The van der Waals surface area contributed by atoms with Crippen molar-refractivity contribution >= 4 is 39.1 Å². The van der Waals surface area contributed by atoms with Gasteiger partial charge in [-0.2, -0.15) is 0 Å². The van der Waals surface area contributed by atoms with E-state index in [2.05, 4.69) is 15.4 Å². The highest BCUT2D eigenvalue weighted by molar-refractivity contribution is 7.89. The van der Waals surface area contributed by atoms with Crippen LogP contribution in [-0.4, -0.2) is 32.8 Å².